The lowest BCUT2D eigenvalue weighted by atomic mass is 9.83. The molecule has 2 unspecified atom stereocenters. The molecule has 1 aromatic heterocycles. The average Bonchev–Trinajstić information content (AvgIpc) is 2.99. The van der Waals surface area contributed by atoms with Crippen molar-refractivity contribution in [3.63, 3.8) is 0 Å². The number of hydrogen-bond donors (Lipinski definition) is 1. The normalized spacial score (nSPS) is 29.4. The molecule has 0 spiro atoms. The fourth-order valence-corrected chi connectivity index (χ4v) is 3.80. The van der Waals surface area contributed by atoms with Gasteiger partial charge in [-0.15, -0.1) is 0 Å². The van der Waals surface area contributed by atoms with Gasteiger partial charge in [-0.2, -0.15) is 4.98 Å². The van der Waals surface area contributed by atoms with Gasteiger partial charge in [-0.1, -0.05) is 37.3 Å². The molecular formula is C16H26N2O3. The number of hydrogen-bond acceptors (Lipinski definition) is 5. The Morgan fingerprint density at radius 3 is 2.67 bits per heavy atom. The van der Waals surface area contributed by atoms with Gasteiger partial charge in [0, 0.05) is 6.61 Å². The van der Waals surface area contributed by atoms with Crippen LogP contribution in [0.1, 0.15) is 82.3 Å². The van der Waals surface area contributed by atoms with Crippen molar-refractivity contribution in [1.29, 1.82) is 0 Å². The monoisotopic (exact) mass is 294 g/mol. The molecule has 5 heteroatoms. The van der Waals surface area contributed by atoms with Crippen LogP contribution in [0.4, 0.5) is 0 Å². The Hall–Kier alpha value is -0.940. The lowest BCUT2D eigenvalue weighted by Gasteiger charge is -2.34. The quantitative estimate of drug-likeness (QED) is 0.923. The molecule has 5 nitrogen and oxygen atoms in total. The molecule has 1 N–H and O–H groups in total. The highest BCUT2D eigenvalue weighted by atomic mass is 16.5. The molecule has 2 atom stereocenters. The van der Waals surface area contributed by atoms with Crippen LogP contribution in [-0.2, 0) is 10.3 Å². The molecule has 3 rings (SSSR count). The molecule has 2 saturated carbocycles. The summed E-state index contributed by atoms with van der Waals surface area (Å²) in [6.07, 6.45) is 9.11. The molecular weight excluding hydrogens is 268 g/mol. The van der Waals surface area contributed by atoms with E-state index in [1.54, 1.807) is 0 Å². The second-order valence-corrected chi connectivity index (χ2v) is 6.40. The highest BCUT2D eigenvalue weighted by Crippen LogP contribution is 2.40. The van der Waals surface area contributed by atoms with E-state index in [0.29, 0.717) is 18.3 Å². The van der Waals surface area contributed by atoms with Crippen molar-refractivity contribution in [3.8, 4) is 0 Å². The van der Waals surface area contributed by atoms with Crippen molar-refractivity contribution in [2.24, 2.45) is 0 Å². The fraction of sp³-hybridized carbons (Fsp3) is 0.875. The Balaban J connectivity index is 1.81. The number of nitrogens with zero attached hydrogens (tertiary/aromatic N) is 2. The Morgan fingerprint density at radius 1 is 1.19 bits per heavy atom. The minimum Gasteiger partial charge on any atom is -0.392 e. The van der Waals surface area contributed by atoms with E-state index in [4.69, 9.17) is 9.26 Å². The molecule has 1 aromatic rings. The van der Waals surface area contributed by atoms with Crippen LogP contribution in [0.5, 0.6) is 0 Å². The molecule has 0 amide bonds. The average molecular weight is 294 g/mol. The zero-order chi connectivity index (χ0) is 14.7. The van der Waals surface area contributed by atoms with Gasteiger partial charge in [-0.05, 0) is 32.6 Å². The first-order valence-corrected chi connectivity index (χ1v) is 8.41. The SMILES string of the molecule is CCOC1(c2noc(C3CCCCC3O)n2)CCCCC1. The molecule has 0 aliphatic heterocycles. The summed E-state index contributed by atoms with van der Waals surface area (Å²) in [5.41, 5.74) is -0.367. The van der Waals surface area contributed by atoms with Gasteiger partial charge in [0.15, 0.2) is 0 Å². The second-order valence-electron chi connectivity index (χ2n) is 6.40. The molecule has 2 aliphatic carbocycles. The van der Waals surface area contributed by atoms with E-state index in [2.05, 4.69) is 10.1 Å². The third-order valence-electron chi connectivity index (χ3n) is 4.98. The third kappa shape index (κ3) is 2.99. The predicted molar refractivity (Wildman–Crippen MR) is 77.9 cm³/mol. The van der Waals surface area contributed by atoms with Crippen molar-refractivity contribution in [1.82, 2.24) is 10.1 Å². The summed E-state index contributed by atoms with van der Waals surface area (Å²) in [6.45, 7) is 2.68. The van der Waals surface area contributed by atoms with Crippen LogP contribution >= 0.6 is 0 Å². The molecule has 0 saturated heterocycles. The second kappa shape index (κ2) is 6.44. The maximum Gasteiger partial charge on any atom is 0.232 e. The molecule has 0 aromatic carbocycles. The third-order valence-corrected chi connectivity index (χ3v) is 4.98. The Kier molecular flexibility index (Phi) is 4.60. The zero-order valence-corrected chi connectivity index (χ0v) is 12.9. The smallest absolute Gasteiger partial charge is 0.232 e. The van der Waals surface area contributed by atoms with Crippen molar-refractivity contribution < 1.29 is 14.4 Å². The van der Waals surface area contributed by atoms with Gasteiger partial charge in [0.1, 0.15) is 5.60 Å². The number of aliphatic hydroxyl groups is 1. The Labute approximate surface area is 126 Å². The van der Waals surface area contributed by atoms with E-state index >= 15 is 0 Å². The van der Waals surface area contributed by atoms with Gasteiger partial charge in [0.2, 0.25) is 11.7 Å². The summed E-state index contributed by atoms with van der Waals surface area (Å²) >= 11 is 0. The minimum absolute atomic E-state index is 0.00210. The topological polar surface area (TPSA) is 68.4 Å². The molecule has 0 bridgehead atoms. The first-order valence-electron chi connectivity index (χ1n) is 8.41. The minimum atomic E-state index is -0.367. The molecule has 2 aliphatic rings. The molecule has 118 valence electrons. The maximum absolute atomic E-state index is 10.2. The summed E-state index contributed by atoms with van der Waals surface area (Å²) in [5.74, 6) is 1.29. The van der Waals surface area contributed by atoms with Crippen LogP contribution in [0.25, 0.3) is 0 Å². The highest BCUT2D eigenvalue weighted by molar-refractivity contribution is 5.07. The van der Waals surface area contributed by atoms with E-state index in [1.165, 1.54) is 6.42 Å². The van der Waals surface area contributed by atoms with E-state index < -0.39 is 0 Å². The van der Waals surface area contributed by atoms with Crippen LogP contribution in [0, 0.1) is 0 Å². The van der Waals surface area contributed by atoms with Crippen molar-refractivity contribution >= 4 is 0 Å². The first-order chi connectivity index (χ1) is 10.2. The fourth-order valence-electron chi connectivity index (χ4n) is 3.80. The van der Waals surface area contributed by atoms with Crippen LogP contribution in [-0.4, -0.2) is 28.0 Å². The van der Waals surface area contributed by atoms with E-state index in [1.807, 2.05) is 6.92 Å². The molecule has 0 radical (unpaired) electrons. The van der Waals surface area contributed by atoms with Crippen molar-refractivity contribution in [2.45, 2.75) is 82.3 Å². The van der Waals surface area contributed by atoms with E-state index in [9.17, 15) is 5.11 Å². The molecule has 2 fully saturated rings. The van der Waals surface area contributed by atoms with Crippen LogP contribution in [0.3, 0.4) is 0 Å². The van der Waals surface area contributed by atoms with Gasteiger partial charge in [-0.25, -0.2) is 0 Å². The largest absolute Gasteiger partial charge is 0.392 e. The van der Waals surface area contributed by atoms with Crippen LogP contribution in [0.15, 0.2) is 4.52 Å². The number of ether oxygens (including phenoxy) is 1. The lowest BCUT2D eigenvalue weighted by molar-refractivity contribution is -0.0777. The molecule has 1 heterocycles. The lowest BCUT2D eigenvalue weighted by Crippen LogP contribution is -2.33. The van der Waals surface area contributed by atoms with Crippen LogP contribution in [0.2, 0.25) is 0 Å². The number of aromatic nitrogens is 2. The summed E-state index contributed by atoms with van der Waals surface area (Å²) in [4.78, 5) is 4.64. The van der Waals surface area contributed by atoms with Crippen molar-refractivity contribution in [2.75, 3.05) is 6.61 Å². The van der Waals surface area contributed by atoms with E-state index in [-0.39, 0.29) is 17.6 Å². The maximum atomic E-state index is 10.2. The number of aliphatic hydroxyl groups excluding tert-OH is 1. The van der Waals surface area contributed by atoms with Gasteiger partial charge < -0.3 is 14.4 Å². The van der Waals surface area contributed by atoms with Gasteiger partial charge in [0.25, 0.3) is 0 Å². The number of rotatable bonds is 4. The summed E-state index contributed by atoms with van der Waals surface area (Å²) in [6, 6.07) is 0. The Bertz CT molecular complexity index is 449. The standard InChI is InChI=1S/C16H26N2O3/c1-2-20-16(10-6-3-7-11-16)15-17-14(21-18-15)12-8-4-5-9-13(12)19/h12-13,19H,2-11H2,1H3. The summed E-state index contributed by atoms with van der Waals surface area (Å²) in [5, 5.41) is 14.4. The predicted octanol–water partition coefficient (Wildman–Crippen LogP) is 3.28. The zero-order valence-electron chi connectivity index (χ0n) is 12.9. The van der Waals surface area contributed by atoms with Gasteiger partial charge >= 0.3 is 0 Å². The van der Waals surface area contributed by atoms with E-state index in [0.717, 1.165) is 51.4 Å². The van der Waals surface area contributed by atoms with Gasteiger partial charge in [-0.3, -0.25) is 0 Å². The van der Waals surface area contributed by atoms with Crippen LogP contribution < -0.4 is 0 Å². The summed E-state index contributed by atoms with van der Waals surface area (Å²) in [7, 11) is 0. The van der Waals surface area contributed by atoms with Crippen molar-refractivity contribution in [3.05, 3.63) is 11.7 Å². The first kappa shape index (κ1) is 15.0. The summed E-state index contributed by atoms with van der Waals surface area (Å²) < 4.78 is 11.5. The molecule has 21 heavy (non-hydrogen) atoms. The van der Waals surface area contributed by atoms with Gasteiger partial charge in [0.05, 0.1) is 12.0 Å². The highest BCUT2D eigenvalue weighted by Gasteiger charge is 2.40. The Morgan fingerprint density at radius 2 is 1.95 bits per heavy atom.